The van der Waals surface area contributed by atoms with E-state index in [1.807, 2.05) is 25.1 Å². The van der Waals surface area contributed by atoms with Crippen molar-refractivity contribution in [3.05, 3.63) is 29.6 Å². The van der Waals surface area contributed by atoms with Crippen molar-refractivity contribution >= 4 is 5.91 Å². The summed E-state index contributed by atoms with van der Waals surface area (Å²) in [5, 5.41) is 6.24. The van der Waals surface area contributed by atoms with Crippen molar-refractivity contribution in [2.24, 2.45) is 0 Å². The lowest BCUT2D eigenvalue weighted by molar-refractivity contribution is -0.119. The van der Waals surface area contributed by atoms with E-state index in [-0.39, 0.29) is 11.9 Å². The number of carbonyl (C=O) groups is 1. The van der Waals surface area contributed by atoms with Gasteiger partial charge in [-0.1, -0.05) is 6.07 Å². The first-order chi connectivity index (χ1) is 7.74. The molecule has 2 rings (SSSR count). The molecule has 1 atom stereocenters. The maximum Gasteiger partial charge on any atom is 0.220 e. The molecule has 0 radical (unpaired) electrons. The molecule has 0 aromatic carbocycles. The maximum absolute atomic E-state index is 11.0. The van der Waals surface area contributed by atoms with E-state index in [2.05, 4.69) is 15.6 Å². The first-order valence-corrected chi connectivity index (χ1v) is 5.66. The number of rotatable bonds is 4. The Bertz CT molecular complexity index is 378. The Morgan fingerprint density at radius 2 is 2.44 bits per heavy atom. The van der Waals surface area contributed by atoms with Gasteiger partial charge in [-0.05, 0) is 25.5 Å². The van der Waals surface area contributed by atoms with Crippen molar-refractivity contribution in [1.29, 1.82) is 0 Å². The smallest absolute Gasteiger partial charge is 0.220 e. The number of pyridine rings is 1. The van der Waals surface area contributed by atoms with Crippen LogP contribution in [0.25, 0.3) is 0 Å². The van der Waals surface area contributed by atoms with Crippen LogP contribution in [0.1, 0.15) is 24.2 Å². The van der Waals surface area contributed by atoms with Crippen LogP contribution in [-0.2, 0) is 11.3 Å². The second-order valence-corrected chi connectivity index (χ2v) is 4.20. The molecule has 0 bridgehead atoms. The van der Waals surface area contributed by atoms with Gasteiger partial charge in [-0.25, -0.2) is 0 Å². The standard InChI is InChI=1S/C12H17N3O/c1-9-3-2-4-10(14-9)7-13-8-11-5-6-12(16)15-11/h2-4,11,13H,5-8H2,1H3,(H,15,16). The molecule has 1 aromatic rings. The normalized spacial score (nSPS) is 19.8. The highest BCUT2D eigenvalue weighted by atomic mass is 16.1. The van der Waals surface area contributed by atoms with Crippen LogP contribution in [0, 0.1) is 6.92 Å². The first kappa shape index (κ1) is 11.1. The molecule has 86 valence electrons. The minimum atomic E-state index is 0.167. The number of hydrogen-bond donors (Lipinski definition) is 2. The minimum Gasteiger partial charge on any atom is -0.352 e. The number of aromatic nitrogens is 1. The molecule has 1 saturated heterocycles. The van der Waals surface area contributed by atoms with Gasteiger partial charge in [0.05, 0.1) is 5.69 Å². The molecule has 4 heteroatoms. The van der Waals surface area contributed by atoms with E-state index in [9.17, 15) is 4.79 Å². The Labute approximate surface area is 95.5 Å². The lowest BCUT2D eigenvalue weighted by Gasteiger charge is -2.10. The minimum absolute atomic E-state index is 0.167. The van der Waals surface area contributed by atoms with Gasteiger partial charge >= 0.3 is 0 Å². The summed E-state index contributed by atoms with van der Waals surface area (Å²) in [5.41, 5.74) is 2.08. The second-order valence-electron chi connectivity index (χ2n) is 4.20. The van der Waals surface area contributed by atoms with Gasteiger partial charge in [-0.3, -0.25) is 9.78 Å². The SMILES string of the molecule is Cc1cccc(CNCC2CCC(=O)N2)n1. The number of nitrogens with zero attached hydrogens (tertiary/aromatic N) is 1. The average Bonchev–Trinajstić information content (AvgIpc) is 2.64. The summed E-state index contributed by atoms with van der Waals surface area (Å²) in [6.45, 7) is 3.57. The van der Waals surface area contributed by atoms with Crippen LogP contribution in [-0.4, -0.2) is 23.5 Å². The summed E-state index contributed by atoms with van der Waals surface area (Å²) in [6, 6.07) is 6.29. The molecule has 1 fully saturated rings. The summed E-state index contributed by atoms with van der Waals surface area (Å²) >= 11 is 0. The predicted molar refractivity (Wildman–Crippen MR) is 61.8 cm³/mol. The van der Waals surface area contributed by atoms with Crippen molar-refractivity contribution < 1.29 is 4.79 Å². The molecule has 16 heavy (non-hydrogen) atoms. The Kier molecular flexibility index (Phi) is 3.51. The average molecular weight is 219 g/mol. The summed E-state index contributed by atoms with van der Waals surface area (Å²) in [7, 11) is 0. The van der Waals surface area contributed by atoms with E-state index < -0.39 is 0 Å². The van der Waals surface area contributed by atoms with E-state index in [1.165, 1.54) is 0 Å². The summed E-state index contributed by atoms with van der Waals surface area (Å²) in [4.78, 5) is 15.4. The Morgan fingerprint density at radius 1 is 1.56 bits per heavy atom. The molecule has 1 unspecified atom stereocenters. The highest BCUT2D eigenvalue weighted by molar-refractivity contribution is 5.78. The highest BCUT2D eigenvalue weighted by Crippen LogP contribution is 2.05. The fraction of sp³-hybridized carbons (Fsp3) is 0.500. The number of amides is 1. The second kappa shape index (κ2) is 5.07. The Hall–Kier alpha value is -1.42. The maximum atomic E-state index is 11.0. The molecule has 2 heterocycles. The van der Waals surface area contributed by atoms with Crippen molar-refractivity contribution in [2.75, 3.05) is 6.54 Å². The fourth-order valence-corrected chi connectivity index (χ4v) is 1.90. The van der Waals surface area contributed by atoms with Gasteiger partial charge < -0.3 is 10.6 Å². The van der Waals surface area contributed by atoms with Gasteiger partial charge in [-0.15, -0.1) is 0 Å². The molecular weight excluding hydrogens is 202 g/mol. The quantitative estimate of drug-likeness (QED) is 0.786. The van der Waals surface area contributed by atoms with Gasteiger partial charge in [0.2, 0.25) is 5.91 Å². The lowest BCUT2D eigenvalue weighted by Crippen LogP contribution is -2.35. The number of carbonyl (C=O) groups excluding carboxylic acids is 1. The molecule has 1 aliphatic rings. The third-order valence-corrected chi connectivity index (χ3v) is 2.73. The Balaban J connectivity index is 1.74. The molecule has 1 aromatic heterocycles. The largest absolute Gasteiger partial charge is 0.352 e. The van der Waals surface area contributed by atoms with Gasteiger partial charge in [0.1, 0.15) is 0 Å². The van der Waals surface area contributed by atoms with Gasteiger partial charge in [0.15, 0.2) is 0 Å². The number of aryl methyl sites for hydroxylation is 1. The van der Waals surface area contributed by atoms with Gasteiger partial charge in [0, 0.05) is 31.2 Å². The zero-order valence-corrected chi connectivity index (χ0v) is 9.49. The van der Waals surface area contributed by atoms with Crippen molar-refractivity contribution in [3.63, 3.8) is 0 Å². The van der Waals surface area contributed by atoms with E-state index >= 15 is 0 Å². The molecule has 0 saturated carbocycles. The molecule has 1 amide bonds. The molecule has 0 aliphatic carbocycles. The molecule has 1 aliphatic heterocycles. The van der Waals surface area contributed by atoms with Crippen LogP contribution in [0.3, 0.4) is 0 Å². The summed E-state index contributed by atoms with van der Waals surface area (Å²) < 4.78 is 0. The van der Waals surface area contributed by atoms with Crippen molar-refractivity contribution in [3.8, 4) is 0 Å². The van der Waals surface area contributed by atoms with E-state index in [0.717, 1.165) is 30.9 Å². The van der Waals surface area contributed by atoms with E-state index in [1.54, 1.807) is 0 Å². The first-order valence-electron chi connectivity index (χ1n) is 5.66. The van der Waals surface area contributed by atoms with Crippen LogP contribution < -0.4 is 10.6 Å². The van der Waals surface area contributed by atoms with E-state index in [0.29, 0.717) is 6.42 Å². The number of hydrogen-bond acceptors (Lipinski definition) is 3. The fourth-order valence-electron chi connectivity index (χ4n) is 1.90. The van der Waals surface area contributed by atoms with Crippen molar-refractivity contribution in [1.82, 2.24) is 15.6 Å². The van der Waals surface area contributed by atoms with Gasteiger partial charge in [-0.2, -0.15) is 0 Å². The molecular formula is C12H17N3O. The molecule has 4 nitrogen and oxygen atoms in total. The Morgan fingerprint density at radius 3 is 3.12 bits per heavy atom. The van der Waals surface area contributed by atoms with Crippen LogP contribution in [0.15, 0.2) is 18.2 Å². The van der Waals surface area contributed by atoms with Crippen LogP contribution in [0.2, 0.25) is 0 Å². The van der Waals surface area contributed by atoms with Gasteiger partial charge in [0.25, 0.3) is 0 Å². The zero-order chi connectivity index (χ0) is 11.4. The van der Waals surface area contributed by atoms with Crippen LogP contribution >= 0.6 is 0 Å². The summed E-state index contributed by atoms with van der Waals surface area (Å²) in [5.74, 6) is 0.167. The number of nitrogens with one attached hydrogen (secondary N) is 2. The molecule has 2 N–H and O–H groups in total. The van der Waals surface area contributed by atoms with Crippen LogP contribution in [0.4, 0.5) is 0 Å². The summed E-state index contributed by atoms with van der Waals surface area (Å²) in [6.07, 6.45) is 1.60. The zero-order valence-electron chi connectivity index (χ0n) is 9.49. The highest BCUT2D eigenvalue weighted by Gasteiger charge is 2.19. The lowest BCUT2D eigenvalue weighted by atomic mass is 10.2. The van der Waals surface area contributed by atoms with Crippen molar-refractivity contribution in [2.45, 2.75) is 32.4 Å². The van der Waals surface area contributed by atoms with Crippen LogP contribution in [0.5, 0.6) is 0 Å². The monoisotopic (exact) mass is 219 g/mol. The molecule has 0 spiro atoms. The topological polar surface area (TPSA) is 54.0 Å². The predicted octanol–water partition coefficient (Wildman–Crippen LogP) is 0.758. The third-order valence-electron chi connectivity index (χ3n) is 2.73. The van der Waals surface area contributed by atoms with E-state index in [4.69, 9.17) is 0 Å². The third kappa shape index (κ3) is 3.03.